The zero-order chi connectivity index (χ0) is 7.84. The van der Waals surface area contributed by atoms with Crippen molar-refractivity contribution >= 4 is 28.3 Å². The zero-order valence-electron chi connectivity index (χ0n) is 6.45. The normalized spacial score (nSPS) is 14.4. The minimum atomic E-state index is 1.11. The molecule has 0 aliphatic carbocycles. The van der Waals surface area contributed by atoms with Crippen molar-refractivity contribution < 1.29 is 0 Å². The molecule has 58 valence electrons. The van der Waals surface area contributed by atoms with Crippen LogP contribution in [0.3, 0.4) is 0 Å². The summed E-state index contributed by atoms with van der Waals surface area (Å²) in [4.78, 5) is 0. The van der Waals surface area contributed by atoms with Gasteiger partial charge in [0.25, 0.3) is 0 Å². The van der Waals surface area contributed by atoms with Crippen molar-refractivity contribution in [3.05, 3.63) is 26.8 Å². The van der Waals surface area contributed by atoms with E-state index in [9.17, 15) is 0 Å². The molecule has 0 unspecified atom stereocenters. The summed E-state index contributed by atoms with van der Waals surface area (Å²) < 4.78 is 1.36. The van der Waals surface area contributed by atoms with Crippen molar-refractivity contribution in [3.63, 3.8) is 0 Å². The van der Waals surface area contributed by atoms with E-state index in [2.05, 4.69) is 47.0 Å². The number of nitrogens with one attached hydrogen (secondary N) is 1. The predicted octanol–water partition coefficient (Wildman–Crippen LogP) is 2.57. The summed E-state index contributed by atoms with van der Waals surface area (Å²) in [6, 6.07) is 4.52. The fourth-order valence-corrected chi connectivity index (χ4v) is 1.91. The SMILES string of the molecule is Cc1cc2c(cc1I)NCC2. The predicted molar refractivity (Wildman–Crippen MR) is 56.1 cm³/mol. The van der Waals surface area contributed by atoms with E-state index in [1.807, 2.05) is 0 Å². The second-order valence-corrected chi connectivity index (χ2v) is 4.10. The molecular weight excluding hydrogens is 249 g/mol. The molecule has 0 fully saturated rings. The summed E-state index contributed by atoms with van der Waals surface area (Å²) in [6.07, 6.45) is 1.19. The quantitative estimate of drug-likeness (QED) is 0.706. The van der Waals surface area contributed by atoms with Crippen LogP contribution in [0.4, 0.5) is 5.69 Å². The van der Waals surface area contributed by atoms with Crippen LogP contribution in [0.1, 0.15) is 11.1 Å². The molecule has 2 heteroatoms. The lowest BCUT2D eigenvalue weighted by Crippen LogP contribution is -1.91. The summed E-state index contributed by atoms with van der Waals surface area (Å²) in [7, 11) is 0. The van der Waals surface area contributed by atoms with Gasteiger partial charge in [0.2, 0.25) is 0 Å². The Hall–Kier alpha value is -0.250. The van der Waals surface area contributed by atoms with Gasteiger partial charge in [0.05, 0.1) is 0 Å². The first-order valence-electron chi connectivity index (χ1n) is 3.80. The first-order chi connectivity index (χ1) is 5.27. The molecule has 0 bridgehead atoms. The van der Waals surface area contributed by atoms with Gasteiger partial charge < -0.3 is 5.32 Å². The first-order valence-corrected chi connectivity index (χ1v) is 4.88. The van der Waals surface area contributed by atoms with Crippen LogP contribution in [0.5, 0.6) is 0 Å². The molecule has 1 nitrogen and oxygen atoms in total. The number of hydrogen-bond donors (Lipinski definition) is 1. The van der Waals surface area contributed by atoms with Gasteiger partial charge in [0, 0.05) is 15.8 Å². The Morgan fingerprint density at radius 2 is 2.27 bits per heavy atom. The Morgan fingerprint density at radius 1 is 1.45 bits per heavy atom. The van der Waals surface area contributed by atoms with E-state index in [0.29, 0.717) is 0 Å². The molecule has 1 aromatic carbocycles. The number of aryl methyl sites for hydroxylation is 1. The number of anilines is 1. The number of hydrogen-bond acceptors (Lipinski definition) is 1. The highest BCUT2D eigenvalue weighted by Crippen LogP contribution is 2.26. The average molecular weight is 259 g/mol. The maximum Gasteiger partial charge on any atom is 0.0384 e. The third-order valence-electron chi connectivity index (χ3n) is 2.09. The molecule has 0 radical (unpaired) electrons. The highest BCUT2D eigenvalue weighted by Gasteiger charge is 2.10. The molecule has 0 saturated heterocycles. The molecule has 0 amide bonds. The van der Waals surface area contributed by atoms with Gasteiger partial charge in [-0.3, -0.25) is 0 Å². The lowest BCUT2D eigenvalue weighted by atomic mass is 10.1. The molecule has 1 aromatic rings. The van der Waals surface area contributed by atoms with Crippen LogP contribution in [0.2, 0.25) is 0 Å². The maximum atomic E-state index is 3.36. The summed E-state index contributed by atoms with van der Waals surface area (Å²) in [5.74, 6) is 0. The van der Waals surface area contributed by atoms with E-state index in [1.165, 1.54) is 26.8 Å². The van der Waals surface area contributed by atoms with Crippen LogP contribution >= 0.6 is 22.6 Å². The molecule has 0 aromatic heterocycles. The van der Waals surface area contributed by atoms with Crippen LogP contribution in [0, 0.1) is 10.5 Å². The summed E-state index contributed by atoms with van der Waals surface area (Å²) >= 11 is 2.38. The lowest BCUT2D eigenvalue weighted by molar-refractivity contribution is 1.10. The van der Waals surface area contributed by atoms with Crippen LogP contribution in [0.25, 0.3) is 0 Å². The summed E-state index contributed by atoms with van der Waals surface area (Å²) in [5, 5.41) is 3.36. The Labute approximate surface area is 80.3 Å². The third-order valence-corrected chi connectivity index (χ3v) is 3.26. The smallest absolute Gasteiger partial charge is 0.0384 e. The second-order valence-electron chi connectivity index (χ2n) is 2.94. The van der Waals surface area contributed by atoms with Gasteiger partial charge in [-0.1, -0.05) is 6.07 Å². The van der Waals surface area contributed by atoms with Gasteiger partial charge in [0.1, 0.15) is 0 Å². The zero-order valence-corrected chi connectivity index (χ0v) is 8.60. The van der Waals surface area contributed by atoms with Crippen molar-refractivity contribution in [3.8, 4) is 0 Å². The van der Waals surface area contributed by atoms with Gasteiger partial charge in [-0.25, -0.2) is 0 Å². The highest BCUT2D eigenvalue weighted by molar-refractivity contribution is 14.1. The molecule has 2 rings (SSSR count). The Bertz CT molecular complexity index is 265. The fourth-order valence-electron chi connectivity index (χ4n) is 1.44. The number of halogens is 1. The van der Waals surface area contributed by atoms with E-state index in [-0.39, 0.29) is 0 Å². The van der Waals surface area contributed by atoms with Gasteiger partial charge in [-0.05, 0) is 53.1 Å². The standard InChI is InChI=1S/C9H10IN/c1-6-4-7-2-3-11-9(7)5-8(6)10/h4-5,11H,2-3H2,1H3. The van der Waals surface area contributed by atoms with Gasteiger partial charge >= 0.3 is 0 Å². The Balaban J connectivity index is 2.57. The second kappa shape index (κ2) is 2.66. The molecule has 0 spiro atoms. The third kappa shape index (κ3) is 1.24. The van der Waals surface area contributed by atoms with Crippen molar-refractivity contribution in [1.29, 1.82) is 0 Å². The average Bonchev–Trinajstić information content (AvgIpc) is 2.36. The number of fused-ring (bicyclic) bond motifs is 1. The van der Waals surface area contributed by atoms with Crippen molar-refractivity contribution in [2.45, 2.75) is 13.3 Å². The van der Waals surface area contributed by atoms with Crippen molar-refractivity contribution in [2.24, 2.45) is 0 Å². The minimum Gasteiger partial charge on any atom is -0.384 e. The van der Waals surface area contributed by atoms with Crippen LogP contribution in [-0.2, 0) is 6.42 Å². The highest BCUT2D eigenvalue weighted by atomic mass is 127. The van der Waals surface area contributed by atoms with Crippen molar-refractivity contribution in [1.82, 2.24) is 0 Å². The molecule has 1 aliphatic heterocycles. The Kier molecular flexibility index (Phi) is 1.79. The van der Waals surface area contributed by atoms with Crippen LogP contribution in [-0.4, -0.2) is 6.54 Å². The molecule has 1 N–H and O–H groups in total. The monoisotopic (exact) mass is 259 g/mol. The molecule has 0 saturated carbocycles. The van der Waals surface area contributed by atoms with E-state index in [0.717, 1.165) is 6.54 Å². The largest absolute Gasteiger partial charge is 0.384 e. The van der Waals surface area contributed by atoms with E-state index < -0.39 is 0 Å². The van der Waals surface area contributed by atoms with Crippen molar-refractivity contribution in [2.75, 3.05) is 11.9 Å². The molecule has 11 heavy (non-hydrogen) atoms. The summed E-state index contributed by atoms with van der Waals surface area (Å²) in [6.45, 7) is 3.27. The topological polar surface area (TPSA) is 12.0 Å². The number of benzene rings is 1. The number of rotatable bonds is 0. The molecule has 1 heterocycles. The maximum absolute atomic E-state index is 3.36. The van der Waals surface area contributed by atoms with Gasteiger partial charge in [-0.15, -0.1) is 0 Å². The Morgan fingerprint density at radius 3 is 3.09 bits per heavy atom. The van der Waals surface area contributed by atoms with E-state index in [4.69, 9.17) is 0 Å². The fraction of sp³-hybridized carbons (Fsp3) is 0.333. The minimum absolute atomic E-state index is 1.11. The first kappa shape index (κ1) is 7.40. The molecular formula is C9H10IN. The van der Waals surface area contributed by atoms with Gasteiger partial charge in [0.15, 0.2) is 0 Å². The molecule has 0 atom stereocenters. The van der Waals surface area contributed by atoms with E-state index in [1.54, 1.807) is 0 Å². The van der Waals surface area contributed by atoms with Gasteiger partial charge in [-0.2, -0.15) is 0 Å². The molecule has 1 aliphatic rings. The van der Waals surface area contributed by atoms with E-state index >= 15 is 0 Å². The van der Waals surface area contributed by atoms with Crippen LogP contribution in [0.15, 0.2) is 12.1 Å². The lowest BCUT2D eigenvalue weighted by Gasteiger charge is -2.02. The summed E-state index contributed by atoms with van der Waals surface area (Å²) in [5.41, 5.74) is 4.20. The van der Waals surface area contributed by atoms with Crippen LogP contribution < -0.4 is 5.32 Å².